The lowest BCUT2D eigenvalue weighted by atomic mass is 10.0. The summed E-state index contributed by atoms with van der Waals surface area (Å²) in [5, 5.41) is 12.9. The van der Waals surface area contributed by atoms with Gasteiger partial charge < -0.3 is 15.2 Å². The molecule has 0 heterocycles. The van der Waals surface area contributed by atoms with E-state index in [0.717, 1.165) is 11.1 Å². The number of methoxy groups -OCH3 is 1. The number of rotatable bonds is 6. The molecule has 0 saturated heterocycles. The summed E-state index contributed by atoms with van der Waals surface area (Å²) in [5.41, 5.74) is 2.30. The van der Waals surface area contributed by atoms with Crippen molar-refractivity contribution < 1.29 is 9.84 Å². The van der Waals surface area contributed by atoms with Gasteiger partial charge in [-0.05, 0) is 24.0 Å². The molecule has 0 aromatic heterocycles. The van der Waals surface area contributed by atoms with Gasteiger partial charge in [0, 0.05) is 13.2 Å². The van der Waals surface area contributed by atoms with Crippen molar-refractivity contribution in [2.75, 3.05) is 13.7 Å². The maximum Gasteiger partial charge on any atom is 0.0716 e. The summed E-state index contributed by atoms with van der Waals surface area (Å²) in [6.07, 6.45) is 2.45. The molecular weight excluding hydrogens is 202 g/mol. The molecular formula is C13H19NO2. The largest absolute Gasteiger partial charge is 0.394 e. The van der Waals surface area contributed by atoms with E-state index in [4.69, 9.17) is 4.74 Å². The molecule has 16 heavy (non-hydrogen) atoms. The zero-order valence-electron chi connectivity index (χ0n) is 9.65. The van der Waals surface area contributed by atoms with E-state index in [1.807, 2.05) is 12.1 Å². The van der Waals surface area contributed by atoms with Crippen LogP contribution in [0.1, 0.15) is 30.0 Å². The summed E-state index contributed by atoms with van der Waals surface area (Å²) in [4.78, 5) is 0. The van der Waals surface area contributed by atoms with Crippen LogP contribution in [0, 0.1) is 0 Å². The third-order valence-electron chi connectivity index (χ3n) is 2.93. The first kappa shape index (κ1) is 11.6. The van der Waals surface area contributed by atoms with Crippen LogP contribution in [0.2, 0.25) is 0 Å². The first-order valence-electron chi connectivity index (χ1n) is 5.78. The second-order valence-electron chi connectivity index (χ2n) is 4.31. The Hall–Kier alpha value is -0.900. The molecule has 2 N–H and O–H groups in total. The predicted octanol–water partition coefficient (Wildman–Crippen LogP) is 1.62. The summed E-state index contributed by atoms with van der Waals surface area (Å²) >= 11 is 0. The zero-order chi connectivity index (χ0) is 11.4. The number of hydrogen-bond acceptors (Lipinski definition) is 3. The van der Waals surface area contributed by atoms with E-state index in [-0.39, 0.29) is 12.6 Å². The topological polar surface area (TPSA) is 41.5 Å². The Labute approximate surface area is 96.4 Å². The highest BCUT2D eigenvalue weighted by Crippen LogP contribution is 2.25. The van der Waals surface area contributed by atoms with Gasteiger partial charge in [-0.2, -0.15) is 0 Å². The number of aliphatic hydroxyl groups is 1. The van der Waals surface area contributed by atoms with Crippen LogP contribution in [0.15, 0.2) is 24.3 Å². The maximum atomic E-state index is 9.45. The van der Waals surface area contributed by atoms with Crippen molar-refractivity contribution in [1.29, 1.82) is 0 Å². The molecule has 1 aliphatic rings. The fourth-order valence-electron chi connectivity index (χ4n) is 1.94. The number of ether oxygens (including phenoxy) is 1. The molecule has 1 aliphatic carbocycles. The van der Waals surface area contributed by atoms with Crippen LogP contribution >= 0.6 is 0 Å². The van der Waals surface area contributed by atoms with E-state index >= 15 is 0 Å². The SMILES string of the molecule is COCc1ccccc1C(CO)NC1CC1. The van der Waals surface area contributed by atoms with Gasteiger partial charge >= 0.3 is 0 Å². The van der Waals surface area contributed by atoms with Gasteiger partial charge in [-0.25, -0.2) is 0 Å². The molecule has 88 valence electrons. The van der Waals surface area contributed by atoms with Crippen LogP contribution in [0.4, 0.5) is 0 Å². The average molecular weight is 221 g/mol. The lowest BCUT2D eigenvalue weighted by molar-refractivity contribution is 0.181. The quantitative estimate of drug-likeness (QED) is 0.767. The predicted molar refractivity (Wildman–Crippen MR) is 63.1 cm³/mol. The van der Waals surface area contributed by atoms with E-state index in [2.05, 4.69) is 17.4 Å². The first-order valence-corrected chi connectivity index (χ1v) is 5.78. The van der Waals surface area contributed by atoms with Gasteiger partial charge in [0.15, 0.2) is 0 Å². The van der Waals surface area contributed by atoms with Gasteiger partial charge in [-0.1, -0.05) is 24.3 Å². The van der Waals surface area contributed by atoms with E-state index < -0.39 is 0 Å². The van der Waals surface area contributed by atoms with Gasteiger partial charge in [0.25, 0.3) is 0 Å². The second-order valence-corrected chi connectivity index (χ2v) is 4.31. The lowest BCUT2D eigenvalue weighted by Crippen LogP contribution is -2.27. The smallest absolute Gasteiger partial charge is 0.0716 e. The van der Waals surface area contributed by atoms with E-state index in [1.54, 1.807) is 7.11 Å². The Bertz CT molecular complexity index is 336. The molecule has 0 spiro atoms. The lowest BCUT2D eigenvalue weighted by Gasteiger charge is -2.19. The molecule has 1 unspecified atom stereocenters. The first-order chi connectivity index (χ1) is 7.85. The molecule has 3 nitrogen and oxygen atoms in total. The number of nitrogens with one attached hydrogen (secondary N) is 1. The van der Waals surface area contributed by atoms with E-state index in [9.17, 15) is 5.11 Å². The van der Waals surface area contributed by atoms with Crippen LogP contribution in [-0.2, 0) is 11.3 Å². The van der Waals surface area contributed by atoms with Crippen molar-refractivity contribution in [2.45, 2.75) is 31.5 Å². The van der Waals surface area contributed by atoms with Crippen LogP contribution in [-0.4, -0.2) is 24.9 Å². The van der Waals surface area contributed by atoms with Gasteiger partial charge in [0.1, 0.15) is 0 Å². The molecule has 1 aromatic carbocycles. The molecule has 3 heteroatoms. The molecule has 2 rings (SSSR count). The van der Waals surface area contributed by atoms with Crippen molar-refractivity contribution in [3.05, 3.63) is 35.4 Å². The molecule has 1 saturated carbocycles. The summed E-state index contributed by atoms with van der Waals surface area (Å²) in [7, 11) is 1.69. The van der Waals surface area contributed by atoms with Crippen LogP contribution < -0.4 is 5.32 Å². The summed E-state index contributed by atoms with van der Waals surface area (Å²) in [5.74, 6) is 0. The van der Waals surface area contributed by atoms with Crippen LogP contribution in [0.25, 0.3) is 0 Å². The van der Waals surface area contributed by atoms with E-state index in [1.165, 1.54) is 12.8 Å². The van der Waals surface area contributed by atoms with Gasteiger partial charge in [0.05, 0.1) is 19.3 Å². The van der Waals surface area contributed by atoms with Crippen molar-refractivity contribution in [2.24, 2.45) is 0 Å². The summed E-state index contributed by atoms with van der Waals surface area (Å²) in [6.45, 7) is 0.732. The van der Waals surface area contributed by atoms with Crippen molar-refractivity contribution >= 4 is 0 Å². The van der Waals surface area contributed by atoms with Gasteiger partial charge in [-0.3, -0.25) is 0 Å². The Morgan fingerprint density at radius 2 is 2.19 bits per heavy atom. The number of hydrogen-bond donors (Lipinski definition) is 2. The second kappa shape index (κ2) is 5.43. The minimum Gasteiger partial charge on any atom is -0.394 e. The third kappa shape index (κ3) is 2.82. The number of benzene rings is 1. The fourth-order valence-corrected chi connectivity index (χ4v) is 1.94. The zero-order valence-corrected chi connectivity index (χ0v) is 9.65. The van der Waals surface area contributed by atoms with E-state index in [0.29, 0.717) is 12.6 Å². The summed E-state index contributed by atoms with van der Waals surface area (Å²) in [6, 6.07) is 8.75. The van der Waals surface area contributed by atoms with Gasteiger partial charge in [-0.15, -0.1) is 0 Å². The van der Waals surface area contributed by atoms with Crippen molar-refractivity contribution in [1.82, 2.24) is 5.32 Å². The Morgan fingerprint density at radius 1 is 1.44 bits per heavy atom. The summed E-state index contributed by atoms with van der Waals surface area (Å²) < 4.78 is 5.17. The monoisotopic (exact) mass is 221 g/mol. The number of aliphatic hydroxyl groups excluding tert-OH is 1. The normalized spacial score (nSPS) is 17.4. The Morgan fingerprint density at radius 3 is 2.81 bits per heavy atom. The average Bonchev–Trinajstić information content (AvgIpc) is 3.11. The molecule has 0 bridgehead atoms. The third-order valence-corrected chi connectivity index (χ3v) is 2.93. The highest BCUT2D eigenvalue weighted by molar-refractivity contribution is 5.30. The Balaban J connectivity index is 2.14. The van der Waals surface area contributed by atoms with Crippen LogP contribution in [0.5, 0.6) is 0 Å². The van der Waals surface area contributed by atoms with Crippen molar-refractivity contribution in [3.8, 4) is 0 Å². The standard InChI is InChI=1S/C13H19NO2/c1-16-9-10-4-2-3-5-12(10)13(8-15)14-11-6-7-11/h2-5,11,13-15H,6-9H2,1H3. The molecule has 0 amide bonds. The molecule has 0 aliphatic heterocycles. The highest BCUT2D eigenvalue weighted by atomic mass is 16.5. The molecule has 1 atom stereocenters. The molecule has 1 fully saturated rings. The minimum absolute atomic E-state index is 0.0406. The fraction of sp³-hybridized carbons (Fsp3) is 0.538. The van der Waals surface area contributed by atoms with Gasteiger partial charge in [0.2, 0.25) is 0 Å². The minimum atomic E-state index is 0.0406. The Kier molecular flexibility index (Phi) is 3.93. The molecule has 0 radical (unpaired) electrons. The maximum absolute atomic E-state index is 9.45. The van der Waals surface area contributed by atoms with Crippen LogP contribution in [0.3, 0.4) is 0 Å². The van der Waals surface area contributed by atoms with Crippen molar-refractivity contribution in [3.63, 3.8) is 0 Å². The molecule has 1 aromatic rings. The highest BCUT2D eigenvalue weighted by Gasteiger charge is 2.25.